The van der Waals surface area contributed by atoms with Gasteiger partial charge in [0.25, 0.3) is 0 Å². The van der Waals surface area contributed by atoms with Crippen LogP contribution in [-0.2, 0) is 20.9 Å². The van der Waals surface area contributed by atoms with Gasteiger partial charge in [-0.05, 0) is 42.5 Å². The summed E-state index contributed by atoms with van der Waals surface area (Å²) in [5.74, 6) is -0.162. The van der Waals surface area contributed by atoms with Gasteiger partial charge >= 0.3 is 0 Å². The Hall–Kier alpha value is -3.15. The van der Waals surface area contributed by atoms with Gasteiger partial charge in [-0.3, -0.25) is 14.4 Å². The Bertz CT molecular complexity index is 865. The quantitative estimate of drug-likeness (QED) is 0.699. The lowest BCUT2D eigenvalue weighted by Crippen LogP contribution is -2.45. The van der Waals surface area contributed by atoms with Crippen molar-refractivity contribution in [2.75, 3.05) is 11.9 Å². The molecule has 2 N–H and O–H groups in total. The highest BCUT2D eigenvalue weighted by molar-refractivity contribution is 5.91. The average Bonchev–Trinajstić information content (AvgIpc) is 2.76. The Kier molecular flexibility index (Phi) is 7.60. The van der Waals surface area contributed by atoms with Gasteiger partial charge in [0, 0.05) is 31.6 Å². The van der Waals surface area contributed by atoms with Gasteiger partial charge in [0.05, 0.1) is 0 Å². The molecule has 30 heavy (non-hydrogen) atoms. The van der Waals surface area contributed by atoms with Crippen LogP contribution in [0.4, 0.5) is 5.69 Å². The lowest BCUT2D eigenvalue weighted by Gasteiger charge is -2.34. The maximum atomic E-state index is 13.1. The van der Waals surface area contributed by atoms with E-state index in [1.54, 1.807) is 4.90 Å². The molecule has 0 bridgehead atoms. The molecule has 0 aliphatic carbocycles. The first-order valence-corrected chi connectivity index (χ1v) is 10.6. The van der Waals surface area contributed by atoms with Crippen molar-refractivity contribution in [3.05, 3.63) is 65.7 Å². The minimum Gasteiger partial charge on any atom is -0.350 e. The van der Waals surface area contributed by atoms with E-state index in [1.165, 1.54) is 0 Å². The van der Waals surface area contributed by atoms with Gasteiger partial charge in [-0.25, -0.2) is 0 Å². The first-order valence-electron chi connectivity index (χ1n) is 10.6. The second-order valence-corrected chi connectivity index (χ2v) is 7.57. The number of nitrogens with one attached hydrogen (secondary N) is 2. The summed E-state index contributed by atoms with van der Waals surface area (Å²) in [6, 6.07) is 16.3. The zero-order chi connectivity index (χ0) is 21.3. The van der Waals surface area contributed by atoms with E-state index in [-0.39, 0.29) is 17.7 Å². The molecule has 1 saturated heterocycles. The number of carbonyl (C=O) groups is 3. The van der Waals surface area contributed by atoms with Crippen LogP contribution in [0.1, 0.15) is 56.2 Å². The monoisotopic (exact) mass is 407 g/mol. The van der Waals surface area contributed by atoms with Gasteiger partial charge in [-0.2, -0.15) is 0 Å². The van der Waals surface area contributed by atoms with Gasteiger partial charge in [0.15, 0.2) is 0 Å². The normalized spacial score (nSPS) is 14.8. The molecule has 0 saturated carbocycles. The van der Waals surface area contributed by atoms with Crippen LogP contribution in [0.15, 0.2) is 54.6 Å². The number of nitrogens with zero attached hydrogens (tertiary/aromatic N) is 1. The molecule has 1 unspecified atom stereocenters. The van der Waals surface area contributed by atoms with Gasteiger partial charge in [-0.15, -0.1) is 0 Å². The first-order chi connectivity index (χ1) is 14.6. The van der Waals surface area contributed by atoms with Crippen molar-refractivity contribution in [1.29, 1.82) is 0 Å². The Morgan fingerprint density at radius 2 is 1.77 bits per heavy atom. The molecule has 1 aliphatic heterocycles. The smallest absolute Gasteiger partial charge is 0.247 e. The molecular formula is C24H29N3O3. The molecule has 1 heterocycles. The number of likely N-dealkylation sites (tertiary alicyclic amines) is 1. The van der Waals surface area contributed by atoms with Gasteiger partial charge in [-0.1, -0.05) is 49.4 Å². The van der Waals surface area contributed by atoms with Crippen LogP contribution >= 0.6 is 0 Å². The minimum atomic E-state index is -0.619. The second kappa shape index (κ2) is 10.6. The Morgan fingerprint density at radius 1 is 1.03 bits per heavy atom. The molecule has 3 amide bonds. The van der Waals surface area contributed by atoms with Crippen LogP contribution in [0, 0.1) is 0 Å². The van der Waals surface area contributed by atoms with Crippen molar-refractivity contribution in [2.45, 2.75) is 51.6 Å². The number of amides is 3. The number of carbonyl (C=O) groups excluding carboxylic acids is 3. The third-order valence-electron chi connectivity index (χ3n) is 5.22. The average molecular weight is 408 g/mol. The number of hydrogen-bond acceptors (Lipinski definition) is 3. The van der Waals surface area contributed by atoms with E-state index >= 15 is 0 Å². The summed E-state index contributed by atoms with van der Waals surface area (Å²) in [7, 11) is 0. The first kappa shape index (κ1) is 21.6. The summed E-state index contributed by atoms with van der Waals surface area (Å²) >= 11 is 0. The van der Waals surface area contributed by atoms with Crippen LogP contribution in [0.25, 0.3) is 0 Å². The molecule has 0 radical (unpaired) electrons. The molecule has 6 nitrogen and oxygen atoms in total. The number of piperidine rings is 1. The van der Waals surface area contributed by atoms with Crippen molar-refractivity contribution in [3.63, 3.8) is 0 Å². The lowest BCUT2D eigenvalue weighted by molar-refractivity contribution is -0.142. The molecule has 1 aliphatic rings. The van der Waals surface area contributed by atoms with E-state index in [9.17, 15) is 14.4 Å². The van der Waals surface area contributed by atoms with Crippen molar-refractivity contribution >= 4 is 23.4 Å². The van der Waals surface area contributed by atoms with E-state index in [1.807, 2.05) is 61.5 Å². The van der Waals surface area contributed by atoms with Crippen LogP contribution in [0.3, 0.4) is 0 Å². The Morgan fingerprint density at radius 3 is 2.43 bits per heavy atom. The van der Waals surface area contributed by atoms with Crippen LogP contribution in [-0.4, -0.2) is 29.2 Å². The summed E-state index contributed by atoms with van der Waals surface area (Å²) in [5, 5.41) is 5.83. The second-order valence-electron chi connectivity index (χ2n) is 7.57. The molecule has 1 fully saturated rings. The highest BCUT2D eigenvalue weighted by Gasteiger charge is 2.32. The van der Waals surface area contributed by atoms with Crippen molar-refractivity contribution in [3.8, 4) is 0 Å². The maximum absolute atomic E-state index is 13.1. The Balaban J connectivity index is 1.66. The predicted molar refractivity (Wildman–Crippen MR) is 117 cm³/mol. The molecule has 1 atom stereocenters. The number of benzene rings is 2. The number of hydrogen-bond donors (Lipinski definition) is 2. The standard InChI is InChI=1S/C24H29N3O3/c1-2-8-21(28)26-20-14-12-18(13-15-20)17-25-24(30)23(19-9-4-3-5-10-19)27-16-7-6-11-22(27)29/h3-5,9-10,12-15,23H,2,6-8,11,16-17H2,1H3,(H,25,30)(H,26,28). The summed E-state index contributed by atoms with van der Waals surface area (Å²) < 4.78 is 0. The van der Waals surface area contributed by atoms with Crippen LogP contribution in [0.2, 0.25) is 0 Å². The molecular weight excluding hydrogens is 378 g/mol. The third-order valence-corrected chi connectivity index (χ3v) is 5.22. The maximum Gasteiger partial charge on any atom is 0.247 e. The lowest BCUT2D eigenvalue weighted by atomic mass is 10.0. The zero-order valence-corrected chi connectivity index (χ0v) is 17.4. The van der Waals surface area contributed by atoms with E-state index in [2.05, 4.69) is 10.6 Å². The predicted octanol–water partition coefficient (Wildman–Crippen LogP) is 3.80. The highest BCUT2D eigenvalue weighted by Crippen LogP contribution is 2.26. The van der Waals surface area contributed by atoms with Gasteiger partial charge in [0.2, 0.25) is 17.7 Å². The van der Waals surface area contributed by atoms with E-state index in [0.717, 1.165) is 36.1 Å². The van der Waals surface area contributed by atoms with E-state index in [4.69, 9.17) is 0 Å². The van der Waals surface area contributed by atoms with Crippen molar-refractivity contribution < 1.29 is 14.4 Å². The fraction of sp³-hybridized carbons (Fsp3) is 0.375. The topological polar surface area (TPSA) is 78.5 Å². The van der Waals surface area contributed by atoms with E-state index < -0.39 is 6.04 Å². The van der Waals surface area contributed by atoms with Crippen LogP contribution in [0.5, 0.6) is 0 Å². The van der Waals surface area contributed by atoms with Gasteiger partial charge < -0.3 is 15.5 Å². The third kappa shape index (κ3) is 5.69. The largest absolute Gasteiger partial charge is 0.350 e. The number of anilines is 1. The molecule has 0 aromatic heterocycles. The fourth-order valence-electron chi connectivity index (χ4n) is 3.65. The molecule has 6 heteroatoms. The summed E-state index contributed by atoms with van der Waals surface area (Å²) in [4.78, 5) is 38.9. The number of rotatable bonds is 8. The molecule has 0 spiro atoms. The summed E-state index contributed by atoms with van der Waals surface area (Å²) in [6.45, 7) is 2.91. The minimum absolute atomic E-state index is 0.00421. The summed E-state index contributed by atoms with van der Waals surface area (Å²) in [5.41, 5.74) is 2.48. The summed E-state index contributed by atoms with van der Waals surface area (Å²) in [6.07, 6.45) is 3.57. The van der Waals surface area contributed by atoms with Gasteiger partial charge in [0.1, 0.15) is 6.04 Å². The highest BCUT2D eigenvalue weighted by atomic mass is 16.2. The fourth-order valence-corrected chi connectivity index (χ4v) is 3.65. The van der Waals surface area contributed by atoms with Crippen LogP contribution < -0.4 is 10.6 Å². The molecule has 2 aromatic rings. The van der Waals surface area contributed by atoms with E-state index in [0.29, 0.717) is 25.9 Å². The SMILES string of the molecule is CCCC(=O)Nc1ccc(CNC(=O)C(c2ccccc2)N2CCCCC2=O)cc1. The van der Waals surface area contributed by atoms with Crippen molar-refractivity contribution in [1.82, 2.24) is 10.2 Å². The molecule has 3 rings (SSSR count). The van der Waals surface area contributed by atoms with Crippen molar-refractivity contribution in [2.24, 2.45) is 0 Å². The zero-order valence-electron chi connectivity index (χ0n) is 17.4. The Labute approximate surface area is 177 Å². The molecule has 2 aromatic carbocycles. The molecule has 158 valence electrons.